The SMILES string of the molecule is CCCC#CC(=O)Nc1cnn(CCOCc2ccccc2)c1. The van der Waals surface area contributed by atoms with Crippen molar-refractivity contribution in [2.45, 2.75) is 32.9 Å². The van der Waals surface area contributed by atoms with Gasteiger partial charge in [0.05, 0.1) is 31.6 Å². The van der Waals surface area contributed by atoms with Gasteiger partial charge >= 0.3 is 0 Å². The number of nitrogens with zero attached hydrogens (tertiary/aromatic N) is 2. The number of unbranched alkanes of at least 4 members (excludes halogenated alkanes) is 1. The monoisotopic (exact) mass is 311 g/mol. The first-order valence-corrected chi connectivity index (χ1v) is 7.72. The van der Waals surface area contributed by atoms with Gasteiger partial charge in [-0.2, -0.15) is 5.10 Å². The Balaban J connectivity index is 1.70. The summed E-state index contributed by atoms with van der Waals surface area (Å²) in [5.41, 5.74) is 1.79. The van der Waals surface area contributed by atoms with Crippen LogP contribution in [0.1, 0.15) is 25.3 Å². The molecule has 1 amide bonds. The van der Waals surface area contributed by atoms with E-state index < -0.39 is 0 Å². The van der Waals surface area contributed by atoms with Gasteiger partial charge in [0.15, 0.2) is 0 Å². The normalized spacial score (nSPS) is 9.96. The fourth-order valence-electron chi connectivity index (χ4n) is 1.90. The Hall–Kier alpha value is -2.58. The van der Waals surface area contributed by atoms with E-state index in [0.29, 0.717) is 25.4 Å². The van der Waals surface area contributed by atoms with Crippen molar-refractivity contribution in [3.05, 3.63) is 48.3 Å². The third-order valence-electron chi connectivity index (χ3n) is 3.04. The number of aromatic nitrogens is 2. The average Bonchev–Trinajstić information content (AvgIpc) is 3.00. The number of benzene rings is 1. The van der Waals surface area contributed by atoms with Crippen molar-refractivity contribution in [3.63, 3.8) is 0 Å². The van der Waals surface area contributed by atoms with E-state index in [4.69, 9.17) is 4.74 Å². The number of carbonyl (C=O) groups is 1. The minimum Gasteiger partial charge on any atom is -0.375 e. The molecule has 0 fully saturated rings. The van der Waals surface area contributed by atoms with Crippen LogP contribution in [0.25, 0.3) is 0 Å². The molecular weight excluding hydrogens is 290 g/mol. The van der Waals surface area contributed by atoms with E-state index in [-0.39, 0.29) is 5.91 Å². The van der Waals surface area contributed by atoms with Crippen LogP contribution in [-0.4, -0.2) is 22.3 Å². The summed E-state index contributed by atoms with van der Waals surface area (Å²) < 4.78 is 7.35. The molecule has 2 rings (SSSR count). The number of nitrogens with one attached hydrogen (secondary N) is 1. The van der Waals surface area contributed by atoms with Crippen LogP contribution in [0, 0.1) is 11.8 Å². The zero-order chi connectivity index (χ0) is 16.3. The molecule has 0 unspecified atom stereocenters. The van der Waals surface area contributed by atoms with Crippen molar-refractivity contribution < 1.29 is 9.53 Å². The van der Waals surface area contributed by atoms with Crippen LogP contribution in [0.3, 0.4) is 0 Å². The van der Waals surface area contributed by atoms with Crippen LogP contribution in [-0.2, 0) is 22.7 Å². The van der Waals surface area contributed by atoms with Gasteiger partial charge in [-0.3, -0.25) is 9.48 Å². The van der Waals surface area contributed by atoms with Crippen LogP contribution in [0.15, 0.2) is 42.7 Å². The zero-order valence-corrected chi connectivity index (χ0v) is 13.3. The molecule has 0 bridgehead atoms. The molecule has 0 aliphatic heterocycles. The Morgan fingerprint density at radius 1 is 1.35 bits per heavy atom. The minimum absolute atomic E-state index is 0.307. The number of amides is 1. The second-order valence-corrected chi connectivity index (χ2v) is 5.04. The molecule has 1 aromatic carbocycles. The van der Waals surface area contributed by atoms with Crippen LogP contribution < -0.4 is 5.32 Å². The van der Waals surface area contributed by atoms with Crippen LogP contribution >= 0.6 is 0 Å². The fourth-order valence-corrected chi connectivity index (χ4v) is 1.90. The van der Waals surface area contributed by atoms with Gasteiger partial charge in [-0.25, -0.2) is 0 Å². The number of ether oxygens (including phenoxy) is 1. The van der Waals surface area contributed by atoms with E-state index in [2.05, 4.69) is 22.3 Å². The lowest BCUT2D eigenvalue weighted by Crippen LogP contribution is -2.08. The molecule has 0 aliphatic carbocycles. The summed E-state index contributed by atoms with van der Waals surface area (Å²) >= 11 is 0. The maximum Gasteiger partial charge on any atom is 0.300 e. The molecule has 1 N–H and O–H groups in total. The second-order valence-electron chi connectivity index (χ2n) is 5.04. The lowest BCUT2D eigenvalue weighted by atomic mass is 10.2. The largest absolute Gasteiger partial charge is 0.375 e. The lowest BCUT2D eigenvalue weighted by Gasteiger charge is -2.04. The van der Waals surface area contributed by atoms with Crippen molar-refractivity contribution in [1.29, 1.82) is 0 Å². The van der Waals surface area contributed by atoms with E-state index in [9.17, 15) is 4.79 Å². The molecule has 0 saturated heterocycles. The van der Waals surface area contributed by atoms with Crippen molar-refractivity contribution in [2.75, 3.05) is 11.9 Å². The lowest BCUT2D eigenvalue weighted by molar-refractivity contribution is -0.111. The Morgan fingerprint density at radius 3 is 2.96 bits per heavy atom. The molecule has 0 saturated carbocycles. The number of rotatable bonds is 7. The Bertz CT molecular complexity index is 668. The van der Waals surface area contributed by atoms with E-state index in [1.54, 1.807) is 17.1 Å². The highest BCUT2D eigenvalue weighted by Gasteiger charge is 2.02. The summed E-state index contributed by atoms with van der Waals surface area (Å²) in [7, 11) is 0. The summed E-state index contributed by atoms with van der Waals surface area (Å²) in [4.78, 5) is 11.6. The van der Waals surface area contributed by atoms with Crippen molar-refractivity contribution in [1.82, 2.24) is 9.78 Å². The predicted octanol–water partition coefficient (Wildman–Crippen LogP) is 2.84. The quantitative estimate of drug-likeness (QED) is 0.632. The molecule has 0 radical (unpaired) electrons. The summed E-state index contributed by atoms with van der Waals surface area (Å²) in [6, 6.07) is 10.0. The minimum atomic E-state index is -0.307. The van der Waals surface area contributed by atoms with E-state index in [0.717, 1.165) is 18.4 Å². The molecule has 2 aromatic rings. The molecular formula is C18H21N3O2. The fraction of sp³-hybridized carbons (Fsp3) is 0.333. The van der Waals surface area contributed by atoms with Gasteiger partial charge in [-0.05, 0) is 17.9 Å². The highest BCUT2D eigenvalue weighted by atomic mass is 16.5. The number of anilines is 1. The first kappa shape index (κ1) is 16.8. The number of hydrogen-bond acceptors (Lipinski definition) is 3. The van der Waals surface area contributed by atoms with Gasteiger partial charge < -0.3 is 10.1 Å². The maximum absolute atomic E-state index is 11.6. The van der Waals surface area contributed by atoms with Gasteiger partial charge in [0.2, 0.25) is 0 Å². The van der Waals surface area contributed by atoms with E-state index in [1.165, 1.54) is 0 Å². The van der Waals surface area contributed by atoms with Gasteiger partial charge in [0, 0.05) is 12.6 Å². The Kier molecular flexibility index (Phi) is 6.89. The maximum atomic E-state index is 11.6. The van der Waals surface area contributed by atoms with Crippen LogP contribution in [0.5, 0.6) is 0 Å². The summed E-state index contributed by atoms with van der Waals surface area (Å²) in [6.07, 6.45) is 5.05. The van der Waals surface area contributed by atoms with Gasteiger partial charge in [-0.1, -0.05) is 43.2 Å². The Morgan fingerprint density at radius 2 is 2.17 bits per heavy atom. The van der Waals surface area contributed by atoms with Crippen molar-refractivity contribution >= 4 is 11.6 Å². The van der Waals surface area contributed by atoms with Crippen molar-refractivity contribution in [3.8, 4) is 11.8 Å². The smallest absolute Gasteiger partial charge is 0.300 e. The standard InChI is InChI=1S/C18H21N3O2/c1-2-3-5-10-18(22)20-17-13-19-21(14-17)11-12-23-15-16-8-6-4-7-9-16/h4,6-9,13-14H,2-3,11-12,15H2,1H3,(H,20,22). The average molecular weight is 311 g/mol. The molecule has 0 atom stereocenters. The second kappa shape index (κ2) is 9.44. The predicted molar refractivity (Wildman–Crippen MR) is 89.6 cm³/mol. The van der Waals surface area contributed by atoms with Crippen molar-refractivity contribution in [2.24, 2.45) is 0 Å². The molecule has 5 nitrogen and oxygen atoms in total. The van der Waals surface area contributed by atoms with Gasteiger partial charge in [0.1, 0.15) is 0 Å². The molecule has 0 spiro atoms. The Labute approximate surface area is 136 Å². The first-order chi connectivity index (χ1) is 11.3. The van der Waals surface area contributed by atoms with Crippen LogP contribution in [0.2, 0.25) is 0 Å². The third kappa shape index (κ3) is 6.37. The zero-order valence-electron chi connectivity index (χ0n) is 13.3. The molecule has 5 heteroatoms. The molecule has 0 aliphatic rings. The molecule has 1 heterocycles. The summed E-state index contributed by atoms with van der Waals surface area (Å²) in [5, 5.41) is 6.88. The molecule has 23 heavy (non-hydrogen) atoms. The third-order valence-corrected chi connectivity index (χ3v) is 3.04. The molecule has 1 aromatic heterocycles. The highest BCUT2D eigenvalue weighted by Crippen LogP contribution is 2.05. The number of carbonyl (C=O) groups excluding carboxylic acids is 1. The topological polar surface area (TPSA) is 56.2 Å². The highest BCUT2D eigenvalue weighted by molar-refractivity contribution is 6.03. The summed E-state index contributed by atoms with van der Waals surface area (Å²) in [6.45, 7) is 3.79. The van der Waals surface area contributed by atoms with Gasteiger partial charge in [0.25, 0.3) is 5.91 Å². The van der Waals surface area contributed by atoms with Crippen LogP contribution in [0.4, 0.5) is 5.69 Å². The first-order valence-electron chi connectivity index (χ1n) is 7.72. The van der Waals surface area contributed by atoms with Gasteiger partial charge in [-0.15, -0.1) is 0 Å². The van der Waals surface area contributed by atoms with E-state index in [1.807, 2.05) is 37.3 Å². The summed E-state index contributed by atoms with van der Waals surface area (Å²) in [5.74, 6) is 5.05. The number of hydrogen-bond donors (Lipinski definition) is 1. The van der Waals surface area contributed by atoms with E-state index >= 15 is 0 Å². The molecule has 120 valence electrons.